The van der Waals surface area contributed by atoms with Crippen LogP contribution in [0.5, 0.6) is 17.2 Å². The van der Waals surface area contributed by atoms with E-state index in [1.54, 1.807) is 40.9 Å². The van der Waals surface area contributed by atoms with Gasteiger partial charge in [-0.25, -0.2) is 28.7 Å². The molecule has 4 heterocycles. The maximum atomic E-state index is 15.5. The minimum atomic E-state index is -0.571. The average Bonchev–Trinajstić information content (AvgIpc) is 3.51. The van der Waals surface area contributed by atoms with Gasteiger partial charge in [-0.15, -0.1) is 0 Å². The molecule has 1 aliphatic heterocycles. The molecule has 1 aliphatic rings. The van der Waals surface area contributed by atoms with Crippen LogP contribution in [0.15, 0.2) is 55.2 Å². The van der Waals surface area contributed by atoms with Crippen LogP contribution in [0.25, 0.3) is 16.6 Å². The number of benzene rings is 2. The summed E-state index contributed by atoms with van der Waals surface area (Å²) in [7, 11) is 1.57. The number of hydrogen-bond donors (Lipinski definition) is 1. The fourth-order valence-corrected chi connectivity index (χ4v) is 4.94. The van der Waals surface area contributed by atoms with Gasteiger partial charge in [0.1, 0.15) is 47.9 Å². The van der Waals surface area contributed by atoms with E-state index >= 15 is 4.39 Å². The number of aromatic nitrogens is 5. The van der Waals surface area contributed by atoms with Gasteiger partial charge in [0.2, 0.25) is 11.4 Å². The highest BCUT2D eigenvalue weighted by Crippen LogP contribution is 2.40. The Hall–Kier alpha value is -5.33. The molecule has 6 rings (SSSR count). The van der Waals surface area contributed by atoms with Crippen molar-refractivity contribution >= 4 is 46.1 Å². The lowest BCUT2D eigenvalue weighted by molar-refractivity contribution is -0.443. The second kappa shape index (κ2) is 13.3. The van der Waals surface area contributed by atoms with Crippen LogP contribution >= 0.6 is 0 Å². The number of fused-ring (bicyclic) bond motifs is 2. The molecule has 0 saturated heterocycles. The van der Waals surface area contributed by atoms with Crippen molar-refractivity contribution < 1.29 is 28.0 Å². The highest BCUT2D eigenvalue weighted by atomic mass is 19.1. The van der Waals surface area contributed by atoms with E-state index < -0.39 is 11.4 Å². The molecule has 0 fully saturated rings. The zero-order valence-corrected chi connectivity index (χ0v) is 27.0. The monoisotopic (exact) mass is 629 g/mol. The van der Waals surface area contributed by atoms with Crippen molar-refractivity contribution in [2.45, 2.75) is 47.1 Å². The van der Waals surface area contributed by atoms with Crippen LogP contribution in [0, 0.1) is 12.7 Å². The van der Waals surface area contributed by atoms with Crippen molar-refractivity contribution in [3.63, 3.8) is 0 Å². The van der Waals surface area contributed by atoms with Gasteiger partial charge in [0.05, 0.1) is 30.2 Å². The molecule has 0 spiro atoms. The first-order valence-corrected chi connectivity index (χ1v) is 15.0. The Labute approximate surface area is 266 Å². The Balaban J connectivity index is 0.00000204. The number of rotatable bonds is 6. The van der Waals surface area contributed by atoms with Gasteiger partial charge in [-0.3, -0.25) is 4.90 Å². The van der Waals surface area contributed by atoms with E-state index in [-0.39, 0.29) is 11.8 Å². The fourth-order valence-electron chi connectivity index (χ4n) is 4.94. The summed E-state index contributed by atoms with van der Waals surface area (Å²) in [5, 5.41) is 7.80. The zero-order valence-electron chi connectivity index (χ0n) is 27.0. The number of amides is 1. The van der Waals surface area contributed by atoms with Gasteiger partial charge in [-0.05, 0) is 51.5 Å². The predicted octanol–water partition coefficient (Wildman–Crippen LogP) is 6.66. The Bertz CT molecular complexity index is 1920. The van der Waals surface area contributed by atoms with Gasteiger partial charge in [0.15, 0.2) is 18.4 Å². The van der Waals surface area contributed by atoms with Crippen molar-refractivity contribution in [2.75, 3.05) is 32.1 Å². The van der Waals surface area contributed by atoms with Crippen LogP contribution in [-0.2, 0) is 4.74 Å². The van der Waals surface area contributed by atoms with Gasteiger partial charge < -0.3 is 19.5 Å². The number of nitrogens with one attached hydrogen (secondary N) is 1. The summed E-state index contributed by atoms with van der Waals surface area (Å²) in [6, 6.07) is 10.2. The molecule has 3 aromatic heterocycles. The highest BCUT2D eigenvalue weighted by Gasteiger charge is 2.29. The minimum absolute atomic E-state index is 0.216. The van der Waals surface area contributed by atoms with E-state index in [1.165, 1.54) is 18.7 Å². The summed E-state index contributed by atoms with van der Waals surface area (Å²) in [6.45, 7) is 12.7. The predicted molar refractivity (Wildman–Crippen MR) is 174 cm³/mol. The third-order valence-corrected chi connectivity index (χ3v) is 7.03. The van der Waals surface area contributed by atoms with Crippen molar-refractivity contribution in [1.29, 1.82) is 0 Å². The molecule has 5 aromatic rings. The second-order valence-corrected chi connectivity index (χ2v) is 11.3. The molecule has 1 amide bonds. The first-order valence-electron chi connectivity index (χ1n) is 15.0. The number of halogens is 1. The number of carbonyl (C=O) groups excluding carboxylic acids is 1. The van der Waals surface area contributed by atoms with Crippen LogP contribution in [0.2, 0.25) is 0 Å². The van der Waals surface area contributed by atoms with Gasteiger partial charge in [0, 0.05) is 24.4 Å². The SMILES string of the molecule is CC.COc1c([N+]2=CCN(C(=O)OC(C)(C)C)CC2)ccc2ncnc(Nc3cc(C)c(Oc4ccn5ncnc5c4)cc3F)c12. The topological polar surface area (TPSA) is 119 Å². The summed E-state index contributed by atoms with van der Waals surface area (Å²) in [5.41, 5.74) is 2.36. The quantitative estimate of drug-likeness (QED) is 0.206. The number of methoxy groups -OCH3 is 1. The third-order valence-electron chi connectivity index (χ3n) is 7.03. The van der Waals surface area contributed by atoms with Crippen LogP contribution in [0.3, 0.4) is 0 Å². The standard InChI is InChI=1S/C31H32FN8O4.C2H6/c1-19-14-23(21(32)16-25(19)43-20-8-9-40-26(15-20)34-18-36-40)37-29-27-22(33-17-35-29)6-7-24(28(27)42-5)38-10-12-39(13-11-38)30(41)44-31(2,3)4;1-2/h6-10,14-18H,11-13H2,1-5H3,(H,33,35,37);1-2H3/q+1;. The summed E-state index contributed by atoms with van der Waals surface area (Å²) in [5.74, 6) is 1.25. The molecule has 13 heteroatoms. The number of ether oxygens (including phenoxy) is 3. The summed E-state index contributed by atoms with van der Waals surface area (Å²) >= 11 is 0. The Morgan fingerprint density at radius 3 is 2.59 bits per heavy atom. The lowest BCUT2D eigenvalue weighted by atomic mass is 10.1. The zero-order chi connectivity index (χ0) is 33.0. The Kier molecular flexibility index (Phi) is 9.31. The average molecular weight is 630 g/mol. The first kappa shape index (κ1) is 32.1. The molecule has 2 aromatic carbocycles. The number of aryl methyl sites for hydroxylation is 1. The summed E-state index contributed by atoms with van der Waals surface area (Å²) in [6.07, 6.45) is 6.14. The van der Waals surface area contributed by atoms with Crippen LogP contribution < -0.4 is 14.8 Å². The lowest BCUT2D eigenvalue weighted by Crippen LogP contribution is -2.44. The van der Waals surface area contributed by atoms with E-state index in [2.05, 4.69) is 25.4 Å². The first-order chi connectivity index (χ1) is 22.1. The second-order valence-electron chi connectivity index (χ2n) is 11.3. The van der Waals surface area contributed by atoms with Gasteiger partial charge in [-0.1, -0.05) is 13.8 Å². The Morgan fingerprint density at radius 2 is 1.87 bits per heavy atom. The molecular weight excluding hydrogens is 591 g/mol. The molecule has 0 unspecified atom stereocenters. The molecule has 0 aliphatic carbocycles. The van der Waals surface area contributed by atoms with Gasteiger partial charge in [0.25, 0.3) is 0 Å². The minimum Gasteiger partial charge on any atom is -0.490 e. The largest absolute Gasteiger partial charge is 0.490 e. The van der Waals surface area contributed by atoms with Crippen molar-refractivity contribution in [1.82, 2.24) is 29.5 Å². The number of nitrogens with zero attached hydrogens (tertiary/aromatic N) is 7. The maximum absolute atomic E-state index is 15.5. The number of hydrogen-bond acceptors (Lipinski definition) is 9. The normalized spacial score (nSPS) is 13.1. The van der Waals surface area contributed by atoms with Crippen LogP contribution in [-0.4, -0.2) is 78.7 Å². The van der Waals surface area contributed by atoms with E-state index in [9.17, 15) is 4.79 Å². The van der Waals surface area contributed by atoms with Gasteiger partial charge in [-0.2, -0.15) is 9.67 Å². The number of carbonyl (C=O) groups is 1. The van der Waals surface area contributed by atoms with E-state index in [0.717, 1.165) is 5.69 Å². The number of pyridine rings is 1. The summed E-state index contributed by atoms with van der Waals surface area (Å²) in [4.78, 5) is 27.2. The van der Waals surface area contributed by atoms with Crippen molar-refractivity contribution in [2.24, 2.45) is 0 Å². The van der Waals surface area contributed by atoms with Crippen LogP contribution in [0.4, 0.5) is 26.4 Å². The molecule has 0 saturated carbocycles. The van der Waals surface area contributed by atoms with E-state index in [0.29, 0.717) is 64.8 Å². The fraction of sp³-hybridized carbons (Fsp3) is 0.333. The molecule has 46 heavy (non-hydrogen) atoms. The Morgan fingerprint density at radius 1 is 1.07 bits per heavy atom. The molecular formula is C33H38FN8O4+. The molecule has 12 nitrogen and oxygen atoms in total. The van der Waals surface area contributed by atoms with Crippen molar-refractivity contribution in [3.8, 4) is 17.2 Å². The van der Waals surface area contributed by atoms with Crippen LogP contribution in [0.1, 0.15) is 40.2 Å². The summed E-state index contributed by atoms with van der Waals surface area (Å²) < 4.78 is 36.5. The maximum Gasteiger partial charge on any atom is 0.411 e. The molecule has 0 bridgehead atoms. The molecule has 240 valence electrons. The molecule has 0 atom stereocenters. The molecule has 1 N–H and O–H groups in total. The highest BCUT2D eigenvalue weighted by molar-refractivity contribution is 5.98. The smallest absolute Gasteiger partial charge is 0.411 e. The van der Waals surface area contributed by atoms with E-state index in [4.69, 9.17) is 14.2 Å². The third kappa shape index (κ3) is 6.82. The molecule has 0 radical (unpaired) electrons. The van der Waals surface area contributed by atoms with Crippen molar-refractivity contribution in [3.05, 3.63) is 66.6 Å². The number of anilines is 2. The van der Waals surface area contributed by atoms with E-state index in [1.807, 2.05) is 64.5 Å². The van der Waals surface area contributed by atoms with Gasteiger partial charge >= 0.3 is 6.09 Å². The lowest BCUT2D eigenvalue weighted by Gasteiger charge is -2.27.